The van der Waals surface area contributed by atoms with Crippen molar-refractivity contribution in [3.63, 3.8) is 0 Å². The molecule has 0 fully saturated rings. The number of carbonyl (C=O) groups excluding carboxylic acids is 3. The molecule has 0 aliphatic rings. The maximum absolute atomic E-state index is 12.9. The number of rotatable bonds is 17. The van der Waals surface area contributed by atoms with Crippen molar-refractivity contribution in [2.45, 2.75) is 76.9 Å². The predicted octanol–water partition coefficient (Wildman–Crippen LogP) is -1.21. The van der Waals surface area contributed by atoms with Crippen LogP contribution in [-0.2, 0) is 19.2 Å². The van der Waals surface area contributed by atoms with Crippen molar-refractivity contribution in [2.75, 3.05) is 19.6 Å². The van der Waals surface area contributed by atoms with Crippen LogP contribution in [0.2, 0.25) is 0 Å². The third-order valence-corrected chi connectivity index (χ3v) is 5.13. The fourth-order valence-electron chi connectivity index (χ4n) is 2.86. The summed E-state index contributed by atoms with van der Waals surface area (Å²) < 4.78 is 0. The molecule has 0 saturated carbocycles. The number of carboxylic acids is 1. The van der Waals surface area contributed by atoms with Crippen LogP contribution in [0.25, 0.3) is 0 Å². The minimum atomic E-state index is -1.19. The molecule has 11 nitrogen and oxygen atoms in total. The van der Waals surface area contributed by atoms with Crippen molar-refractivity contribution < 1.29 is 24.3 Å². The lowest BCUT2D eigenvalue weighted by molar-refractivity contribution is -0.138. The predicted molar refractivity (Wildman–Crippen MR) is 118 cm³/mol. The van der Waals surface area contributed by atoms with Crippen LogP contribution in [0.3, 0.4) is 0 Å². The minimum absolute atomic E-state index is 0.0569. The van der Waals surface area contributed by atoms with Gasteiger partial charge in [0.15, 0.2) is 0 Å². The van der Waals surface area contributed by atoms with E-state index < -0.39 is 48.4 Å². The molecule has 0 heterocycles. The third kappa shape index (κ3) is 12.3. The van der Waals surface area contributed by atoms with E-state index in [0.717, 1.165) is 0 Å². The van der Waals surface area contributed by atoms with E-state index in [1.54, 1.807) is 0 Å². The summed E-state index contributed by atoms with van der Waals surface area (Å²) in [4.78, 5) is 48.5. The van der Waals surface area contributed by atoms with E-state index in [2.05, 4.69) is 16.0 Å². The topological polar surface area (TPSA) is 203 Å². The van der Waals surface area contributed by atoms with E-state index >= 15 is 0 Å². The monoisotopic (exact) mass is 444 g/mol. The Morgan fingerprint density at radius 3 is 1.77 bits per heavy atom. The van der Waals surface area contributed by atoms with Crippen LogP contribution in [0.5, 0.6) is 0 Å². The molecule has 3 amide bonds. The lowest BCUT2D eigenvalue weighted by atomic mass is 9.98. The van der Waals surface area contributed by atoms with E-state index in [4.69, 9.17) is 22.3 Å². The Morgan fingerprint density at radius 1 is 0.839 bits per heavy atom. The van der Waals surface area contributed by atoms with Gasteiger partial charge in [0.1, 0.15) is 18.6 Å². The molecule has 0 bridgehead atoms. The van der Waals surface area contributed by atoms with Crippen LogP contribution >= 0.6 is 0 Å². The van der Waals surface area contributed by atoms with Gasteiger partial charge in [-0.3, -0.25) is 19.2 Å². The number of hydrogen-bond acceptors (Lipinski definition) is 7. The summed E-state index contributed by atoms with van der Waals surface area (Å²) in [5.41, 5.74) is 17.0. The van der Waals surface area contributed by atoms with Crippen LogP contribution in [0.15, 0.2) is 0 Å². The second-order valence-corrected chi connectivity index (χ2v) is 7.71. The Balaban J connectivity index is 5.26. The first-order valence-electron chi connectivity index (χ1n) is 10.9. The molecule has 0 rings (SSSR count). The van der Waals surface area contributed by atoms with Crippen LogP contribution < -0.4 is 33.2 Å². The zero-order valence-electron chi connectivity index (χ0n) is 18.7. The minimum Gasteiger partial charge on any atom is -0.480 e. The molecule has 0 aliphatic heterocycles. The SMILES string of the molecule is CCC(C)C(N)C(=O)NC(CCCCN)C(=O)NC(CCCCN)C(=O)NCC(=O)O. The molecule has 0 spiro atoms. The quantitative estimate of drug-likeness (QED) is 0.135. The Bertz CT molecular complexity index is 574. The highest BCUT2D eigenvalue weighted by Crippen LogP contribution is 2.08. The first-order chi connectivity index (χ1) is 14.7. The lowest BCUT2D eigenvalue weighted by Crippen LogP contribution is -2.56. The average Bonchev–Trinajstić information content (AvgIpc) is 2.74. The number of aliphatic carboxylic acids is 1. The van der Waals surface area contributed by atoms with Gasteiger partial charge in [0, 0.05) is 0 Å². The van der Waals surface area contributed by atoms with E-state index in [-0.39, 0.29) is 5.92 Å². The molecule has 10 N–H and O–H groups in total. The Morgan fingerprint density at radius 2 is 1.32 bits per heavy atom. The molecule has 0 aromatic heterocycles. The van der Waals surface area contributed by atoms with E-state index in [0.29, 0.717) is 58.0 Å². The molecule has 0 aliphatic carbocycles. The molecule has 11 heteroatoms. The second kappa shape index (κ2) is 16.5. The van der Waals surface area contributed by atoms with Gasteiger partial charge in [0.05, 0.1) is 6.04 Å². The number of nitrogens with one attached hydrogen (secondary N) is 3. The number of carboxylic acid groups (broad SMARTS) is 1. The molecule has 31 heavy (non-hydrogen) atoms. The Labute approximate surface area is 184 Å². The molecule has 4 unspecified atom stereocenters. The summed E-state index contributed by atoms with van der Waals surface area (Å²) >= 11 is 0. The van der Waals surface area contributed by atoms with Gasteiger partial charge < -0.3 is 38.3 Å². The number of unbranched alkanes of at least 4 members (excludes halogenated alkanes) is 2. The number of nitrogens with two attached hydrogens (primary N) is 3. The van der Waals surface area contributed by atoms with Gasteiger partial charge in [0.2, 0.25) is 17.7 Å². The zero-order valence-corrected chi connectivity index (χ0v) is 18.7. The highest BCUT2D eigenvalue weighted by atomic mass is 16.4. The smallest absolute Gasteiger partial charge is 0.322 e. The fourth-order valence-corrected chi connectivity index (χ4v) is 2.86. The van der Waals surface area contributed by atoms with Crippen molar-refractivity contribution in [3.8, 4) is 0 Å². The maximum atomic E-state index is 12.9. The van der Waals surface area contributed by atoms with Gasteiger partial charge in [-0.25, -0.2) is 0 Å². The third-order valence-electron chi connectivity index (χ3n) is 5.13. The van der Waals surface area contributed by atoms with E-state index in [1.165, 1.54) is 0 Å². The molecule has 4 atom stereocenters. The number of carbonyl (C=O) groups is 4. The largest absolute Gasteiger partial charge is 0.480 e. The summed E-state index contributed by atoms with van der Waals surface area (Å²) in [5.74, 6) is -2.80. The van der Waals surface area contributed by atoms with Crippen LogP contribution in [0.4, 0.5) is 0 Å². The number of hydrogen-bond donors (Lipinski definition) is 7. The second-order valence-electron chi connectivity index (χ2n) is 7.71. The van der Waals surface area contributed by atoms with Crippen molar-refractivity contribution >= 4 is 23.7 Å². The molecule has 0 aromatic rings. The lowest BCUT2D eigenvalue weighted by Gasteiger charge is -2.25. The molecule has 0 aromatic carbocycles. The molecule has 180 valence electrons. The molecular weight excluding hydrogens is 404 g/mol. The van der Waals surface area contributed by atoms with Crippen molar-refractivity contribution in [3.05, 3.63) is 0 Å². The van der Waals surface area contributed by atoms with Gasteiger partial charge in [-0.2, -0.15) is 0 Å². The zero-order chi connectivity index (χ0) is 23.8. The highest BCUT2D eigenvalue weighted by Gasteiger charge is 2.29. The van der Waals surface area contributed by atoms with Gasteiger partial charge in [0.25, 0.3) is 0 Å². The van der Waals surface area contributed by atoms with E-state index in [9.17, 15) is 19.2 Å². The Kier molecular flexibility index (Phi) is 15.3. The first-order valence-corrected chi connectivity index (χ1v) is 10.9. The summed E-state index contributed by atoms with van der Waals surface area (Å²) in [6.07, 6.45) is 3.86. The molecular formula is C20H40N6O5. The van der Waals surface area contributed by atoms with E-state index in [1.807, 2.05) is 13.8 Å². The van der Waals surface area contributed by atoms with Crippen LogP contribution in [-0.4, -0.2) is 66.6 Å². The van der Waals surface area contributed by atoms with Gasteiger partial charge in [-0.15, -0.1) is 0 Å². The van der Waals surface area contributed by atoms with Gasteiger partial charge in [-0.05, 0) is 57.5 Å². The summed E-state index contributed by atoms with van der Waals surface area (Å²) in [7, 11) is 0. The summed E-state index contributed by atoms with van der Waals surface area (Å²) in [6.45, 7) is 4.11. The summed E-state index contributed by atoms with van der Waals surface area (Å²) in [5, 5.41) is 16.4. The summed E-state index contributed by atoms with van der Waals surface area (Å²) in [6, 6.07) is -2.57. The van der Waals surface area contributed by atoms with Crippen molar-refractivity contribution in [1.29, 1.82) is 0 Å². The van der Waals surface area contributed by atoms with Gasteiger partial charge in [-0.1, -0.05) is 20.3 Å². The van der Waals surface area contributed by atoms with Crippen LogP contribution in [0.1, 0.15) is 58.8 Å². The molecule has 0 saturated heterocycles. The van der Waals surface area contributed by atoms with Crippen molar-refractivity contribution in [1.82, 2.24) is 16.0 Å². The van der Waals surface area contributed by atoms with Gasteiger partial charge >= 0.3 is 5.97 Å². The highest BCUT2D eigenvalue weighted by molar-refractivity contribution is 5.93. The van der Waals surface area contributed by atoms with Crippen LogP contribution in [0, 0.1) is 5.92 Å². The maximum Gasteiger partial charge on any atom is 0.322 e. The van der Waals surface area contributed by atoms with Crippen molar-refractivity contribution in [2.24, 2.45) is 23.1 Å². The number of amides is 3. The Hall–Kier alpha value is -2.24. The fraction of sp³-hybridized carbons (Fsp3) is 0.800. The standard InChI is InChI=1S/C20H40N6O5/c1-3-13(2)17(23)20(31)26-15(9-5-7-11-22)19(30)25-14(8-4-6-10-21)18(29)24-12-16(27)28/h13-15,17H,3-12,21-23H2,1-2H3,(H,24,29)(H,25,30)(H,26,31)(H,27,28). The average molecular weight is 445 g/mol. The molecule has 0 radical (unpaired) electrons. The normalized spacial score (nSPS) is 14.7. The first kappa shape index (κ1) is 28.8.